The lowest BCUT2D eigenvalue weighted by Gasteiger charge is -2.03. The maximum absolute atomic E-state index is 11.0. The van der Waals surface area contributed by atoms with Crippen LogP contribution < -0.4 is 5.14 Å². The van der Waals surface area contributed by atoms with Gasteiger partial charge in [-0.15, -0.1) is 0 Å². The molecule has 0 aromatic heterocycles. The van der Waals surface area contributed by atoms with Gasteiger partial charge in [0.1, 0.15) is 0 Å². The molecule has 0 spiro atoms. The van der Waals surface area contributed by atoms with Crippen molar-refractivity contribution in [3.8, 4) is 0 Å². The van der Waals surface area contributed by atoms with Crippen LogP contribution in [0.15, 0.2) is 0 Å². The van der Waals surface area contributed by atoms with E-state index in [1.807, 2.05) is 0 Å². The number of rotatable bonds is 14. The van der Waals surface area contributed by atoms with Crippen molar-refractivity contribution in [2.45, 2.75) is 77.0 Å². The molecule has 0 atom stereocenters. The largest absolute Gasteiger partial charge is 0.396 e. The van der Waals surface area contributed by atoms with E-state index in [1.54, 1.807) is 0 Å². The minimum absolute atomic E-state index is 0.0985. The Bertz CT molecular complexity index is 356. The first kappa shape index (κ1) is 20.3. The van der Waals surface area contributed by atoms with E-state index in [9.17, 15) is 13.2 Å². The van der Waals surface area contributed by atoms with Gasteiger partial charge in [-0.1, -0.05) is 57.8 Å². The summed E-state index contributed by atoms with van der Waals surface area (Å²) in [5, 5.41) is 13.2. The van der Waals surface area contributed by atoms with Crippen LogP contribution in [0.2, 0.25) is 0 Å². The number of nitrogens with two attached hydrogens (primary N) is 1. The SMILES string of the molecule is NS(=O)(=O)OC(=O)CCCCCCCCCCCCCO. The Morgan fingerprint density at radius 2 is 1.19 bits per heavy atom. The van der Waals surface area contributed by atoms with E-state index in [2.05, 4.69) is 9.32 Å². The fourth-order valence-corrected chi connectivity index (χ4v) is 2.49. The lowest BCUT2D eigenvalue weighted by molar-refractivity contribution is -0.133. The number of aliphatic hydroxyl groups excluding tert-OH is 1. The van der Waals surface area contributed by atoms with Crippen LogP contribution in [0, 0.1) is 0 Å². The van der Waals surface area contributed by atoms with E-state index in [4.69, 9.17) is 5.11 Å². The number of carbonyl (C=O) groups excluding carboxylic acids is 1. The fourth-order valence-electron chi connectivity index (χ4n) is 2.14. The zero-order valence-corrected chi connectivity index (χ0v) is 13.6. The van der Waals surface area contributed by atoms with Crippen molar-refractivity contribution >= 4 is 16.3 Å². The van der Waals surface area contributed by atoms with Crippen LogP contribution in [0.3, 0.4) is 0 Å². The Morgan fingerprint density at radius 1 is 0.810 bits per heavy atom. The average Bonchev–Trinajstić information content (AvgIpc) is 2.38. The summed E-state index contributed by atoms with van der Waals surface area (Å²) >= 11 is 0. The highest BCUT2D eigenvalue weighted by Gasteiger charge is 2.10. The van der Waals surface area contributed by atoms with Gasteiger partial charge in [0.25, 0.3) is 0 Å². The summed E-state index contributed by atoms with van der Waals surface area (Å²) in [4.78, 5) is 11.0. The third-order valence-electron chi connectivity index (χ3n) is 3.25. The summed E-state index contributed by atoms with van der Waals surface area (Å²) in [7, 11) is -4.15. The molecule has 3 N–H and O–H groups in total. The third-order valence-corrected chi connectivity index (χ3v) is 3.67. The minimum Gasteiger partial charge on any atom is -0.396 e. The van der Waals surface area contributed by atoms with E-state index in [0.29, 0.717) is 13.0 Å². The molecule has 0 saturated heterocycles. The van der Waals surface area contributed by atoms with Crippen molar-refractivity contribution in [1.82, 2.24) is 0 Å². The van der Waals surface area contributed by atoms with Gasteiger partial charge in [0.15, 0.2) is 0 Å². The number of hydrogen-bond acceptors (Lipinski definition) is 5. The highest BCUT2D eigenvalue weighted by atomic mass is 32.2. The first-order valence-electron chi connectivity index (χ1n) is 7.81. The van der Waals surface area contributed by atoms with Crippen LogP contribution in [-0.4, -0.2) is 26.1 Å². The Hall–Kier alpha value is -0.660. The molecule has 0 aliphatic rings. The van der Waals surface area contributed by atoms with E-state index in [0.717, 1.165) is 32.1 Å². The molecule has 0 aliphatic carbocycles. The van der Waals surface area contributed by atoms with Gasteiger partial charge in [-0.3, -0.25) is 4.79 Å². The van der Waals surface area contributed by atoms with Crippen molar-refractivity contribution in [3.63, 3.8) is 0 Å². The molecule has 0 bridgehead atoms. The van der Waals surface area contributed by atoms with Crippen LogP contribution in [0.4, 0.5) is 0 Å². The number of hydrogen-bond donors (Lipinski definition) is 2. The van der Waals surface area contributed by atoms with Crippen LogP contribution in [0.5, 0.6) is 0 Å². The zero-order valence-electron chi connectivity index (χ0n) is 12.8. The molecule has 126 valence electrons. The molecule has 0 aromatic rings. The van der Waals surface area contributed by atoms with Gasteiger partial charge >= 0.3 is 16.3 Å². The molecule has 0 amide bonds. The molecule has 0 rings (SSSR count). The summed E-state index contributed by atoms with van der Waals surface area (Å²) in [6, 6.07) is 0. The van der Waals surface area contributed by atoms with Gasteiger partial charge in [0.05, 0.1) is 0 Å². The summed E-state index contributed by atoms with van der Waals surface area (Å²) in [6.07, 6.45) is 12.0. The van der Waals surface area contributed by atoms with Crippen LogP contribution in [0.1, 0.15) is 77.0 Å². The maximum Gasteiger partial charge on any atom is 0.382 e. The van der Waals surface area contributed by atoms with Gasteiger partial charge in [-0.05, 0) is 12.8 Å². The molecule has 0 heterocycles. The molecular weight excluding hydrogens is 294 g/mol. The highest BCUT2D eigenvalue weighted by Crippen LogP contribution is 2.12. The van der Waals surface area contributed by atoms with Gasteiger partial charge in [0, 0.05) is 13.0 Å². The monoisotopic (exact) mass is 323 g/mol. The second-order valence-corrected chi connectivity index (χ2v) is 6.46. The predicted octanol–water partition coefficient (Wildman–Crippen LogP) is 2.41. The van der Waals surface area contributed by atoms with Crippen molar-refractivity contribution in [2.75, 3.05) is 6.61 Å². The van der Waals surface area contributed by atoms with Gasteiger partial charge in [-0.25, -0.2) is 0 Å². The second-order valence-electron chi connectivity index (χ2n) is 5.31. The van der Waals surface area contributed by atoms with Crippen LogP contribution in [0.25, 0.3) is 0 Å². The zero-order chi connectivity index (χ0) is 16.0. The third kappa shape index (κ3) is 17.3. The summed E-state index contributed by atoms with van der Waals surface area (Å²) in [5.41, 5.74) is 0. The predicted molar refractivity (Wildman–Crippen MR) is 81.7 cm³/mol. The molecule has 0 radical (unpaired) electrons. The summed E-state index contributed by atoms with van der Waals surface area (Å²) < 4.78 is 25.0. The van der Waals surface area contributed by atoms with Crippen LogP contribution in [-0.2, 0) is 19.3 Å². The summed E-state index contributed by atoms with van der Waals surface area (Å²) in [6.45, 7) is 0.296. The van der Waals surface area contributed by atoms with Crippen LogP contribution >= 0.6 is 0 Å². The maximum atomic E-state index is 11.0. The van der Waals surface area contributed by atoms with Gasteiger partial charge < -0.3 is 9.29 Å². The molecular formula is C14H29NO5S. The van der Waals surface area contributed by atoms with Gasteiger partial charge in [-0.2, -0.15) is 13.6 Å². The van der Waals surface area contributed by atoms with E-state index >= 15 is 0 Å². The Morgan fingerprint density at radius 3 is 1.57 bits per heavy atom. The molecule has 0 saturated carbocycles. The lowest BCUT2D eigenvalue weighted by Crippen LogP contribution is -2.20. The first-order chi connectivity index (χ1) is 9.95. The number of aliphatic hydroxyl groups is 1. The smallest absolute Gasteiger partial charge is 0.382 e. The van der Waals surface area contributed by atoms with Crippen molar-refractivity contribution in [3.05, 3.63) is 0 Å². The Labute approximate surface area is 128 Å². The van der Waals surface area contributed by atoms with E-state index in [1.165, 1.54) is 32.1 Å². The quantitative estimate of drug-likeness (QED) is 0.477. The Balaban J connectivity index is 3.21. The normalized spacial score (nSPS) is 11.5. The molecule has 0 aromatic carbocycles. The average molecular weight is 323 g/mol. The second kappa shape index (κ2) is 13.0. The molecule has 0 fully saturated rings. The molecule has 21 heavy (non-hydrogen) atoms. The first-order valence-corrected chi connectivity index (χ1v) is 9.29. The fraction of sp³-hybridized carbons (Fsp3) is 0.929. The van der Waals surface area contributed by atoms with Crippen molar-refractivity contribution in [1.29, 1.82) is 0 Å². The van der Waals surface area contributed by atoms with Crippen molar-refractivity contribution < 1.29 is 22.5 Å². The summed E-state index contributed by atoms with van der Waals surface area (Å²) in [5.74, 6) is -0.777. The molecule has 6 nitrogen and oxygen atoms in total. The lowest BCUT2D eigenvalue weighted by atomic mass is 10.1. The molecule has 0 aliphatic heterocycles. The Kier molecular flexibility index (Phi) is 12.6. The molecule has 0 unspecified atom stereocenters. The highest BCUT2D eigenvalue weighted by molar-refractivity contribution is 7.84. The van der Waals surface area contributed by atoms with Crippen molar-refractivity contribution in [2.24, 2.45) is 5.14 Å². The number of carbonyl (C=O) groups is 1. The standard InChI is InChI=1S/C14H29NO5S/c15-21(18,19)20-14(17)12-10-8-6-4-2-1-3-5-7-9-11-13-16/h16H,1-13H2,(H2,15,18,19). The number of unbranched alkanes of at least 4 members (excludes halogenated alkanes) is 10. The minimum atomic E-state index is -4.15. The van der Waals surface area contributed by atoms with Gasteiger partial charge in [0.2, 0.25) is 0 Å². The molecule has 7 heteroatoms. The van der Waals surface area contributed by atoms with E-state index < -0.39 is 16.3 Å². The van der Waals surface area contributed by atoms with E-state index in [-0.39, 0.29) is 6.42 Å². The topological polar surface area (TPSA) is 107 Å².